The first kappa shape index (κ1) is 13.2. The molecule has 1 saturated carbocycles. The average molecular weight is 261 g/mol. The van der Waals surface area contributed by atoms with Gasteiger partial charge in [0.2, 0.25) is 0 Å². The summed E-state index contributed by atoms with van der Waals surface area (Å²) in [6, 6.07) is 1.19. The van der Waals surface area contributed by atoms with Crippen molar-refractivity contribution in [3.63, 3.8) is 0 Å². The van der Waals surface area contributed by atoms with Crippen molar-refractivity contribution in [2.75, 3.05) is 0 Å². The van der Waals surface area contributed by atoms with Gasteiger partial charge in [-0.15, -0.1) is 0 Å². The fraction of sp³-hybridized carbons (Fsp3) is 0.812. The van der Waals surface area contributed by atoms with E-state index in [1.165, 1.54) is 62.6 Å². The Bertz CT molecular complexity index is 418. The van der Waals surface area contributed by atoms with Crippen molar-refractivity contribution in [1.29, 1.82) is 0 Å². The fourth-order valence-corrected chi connectivity index (χ4v) is 3.97. The van der Waals surface area contributed by atoms with Crippen LogP contribution in [0, 0.1) is 5.92 Å². The molecular formula is C16H27N3. The zero-order chi connectivity index (χ0) is 13.2. The molecule has 3 heteroatoms. The molecule has 0 radical (unpaired) electrons. The molecule has 1 heterocycles. The normalized spacial score (nSPS) is 26.1. The third-order valence-corrected chi connectivity index (χ3v) is 5.20. The summed E-state index contributed by atoms with van der Waals surface area (Å²) in [5, 5.41) is 8.35. The summed E-state index contributed by atoms with van der Waals surface area (Å²) in [4.78, 5) is 0. The van der Waals surface area contributed by atoms with Crippen LogP contribution in [0.5, 0.6) is 0 Å². The minimum Gasteiger partial charge on any atom is -0.307 e. The molecule has 0 spiro atoms. The van der Waals surface area contributed by atoms with E-state index in [1.54, 1.807) is 0 Å². The molecule has 0 saturated heterocycles. The molecule has 2 aliphatic rings. The fourth-order valence-electron chi connectivity index (χ4n) is 3.97. The number of aryl methyl sites for hydroxylation is 1. The molecule has 1 unspecified atom stereocenters. The molecule has 0 bridgehead atoms. The molecule has 106 valence electrons. The Morgan fingerprint density at radius 1 is 1.21 bits per heavy atom. The van der Waals surface area contributed by atoms with Gasteiger partial charge in [-0.25, -0.2) is 0 Å². The van der Waals surface area contributed by atoms with Crippen LogP contribution in [0.3, 0.4) is 0 Å². The summed E-state index contributed by atoms with van der Waals surface area (Å²) in [5.41, 5.74) is 2.90. The Morgan fingerprint density at radius 2 is 2.00 bits per heavy atom. The second-order valence-electron chi connectivity index (χ2n) is 6.47. The zero-order valence-electron chi connectivity index (χ0n) is 12.4. The number of nitrogens with one attached hydrogen (secondary N) is 1. The van der Waals surface area contributed by atoms with Crippen LogP contribution in [0.4, 0.5) is 0 Å². The molecule has 19 heavy (non-hydrogen) atoms. The average Bonchev–Trinajstić information content (AvgIpc) is 2.83. The van der Waals surface area contributed by atoms with Crippen LogP contribution in [0.15, 0.2) is 6.20 Å². The van der Waals surface area contributed by atoms with Crippen molar-refractivity contribution in [3.05, 3.63) is 17.5 Å². The van der Waals surface area contributed by atoms with Gasteiger partial charge in [0.25, 0.3) is 0 Å². The highest BCUT2D eigenvalue weighted by atomic mass is 15.3. The van der Waals surface area contributed by atoms with Gasteiger partial charge in [-0.05, 0) is 44.9 Å². The van der Waals surface area contributed by atoms with Gasteiger partial charge in [0.05, 0.1) is 6.20 Å². The highest BCUT2D eigenvalue weighted by Gasteiger charge is 2.27. The van der Waals surface area contributed by atoms with Crippen LogP contribution in [0.25, 0.3) is 0 Å². The van der Waals surface area contributed by atoms with E-state index >= 15 is 0 Å². The molecule has 0 aromatic carbocycles. The lowest BCUT2D eigenvalue weighted by atomic mass is 9.83. The lowest BCUT2D eigenvalue weighted by Crippen LogP contribution is -2.38. The van der Waals surface area contributed by atoms with Gasteiger partial charge in [0, 0.05) is 30.4 Å². The maximum Gasteiger partial charge on any atom is 0.0540 e. The van der Waals surface area contributed by atoms with Crippen LogP contribution in [0.2, 0.25) is 0 Å². The van der Waals surface area contributed by atoms with Crippen LogP contribution >= 0.6 is 0 Å². The Morgan fingerprint density at radius 3 is 2.79 bits per heavy atom. The van der Waals surface area contributed by atoms with E-state index in [0.717, 1.165) is 5.92 Å². The van der Waals surface area contributed by atoms with E-state index < -0.39 is 0 Å². The van der Waals surface area contributed by atoms with Crippen molar-refractivity contribution in [1.82, 2.24) is 15.1 Å². The number of hydrogen-bond donors (Lipinski definition) is 1. The molecule has 1 aromatic rings. The second kappa shape index (κ2) is 5.66. The van der Waals surface area contributed by atoms with Gasteiger partial charge < -0.3 is 5.32 Å². The van der Waals surface area contributed by atoms with Crippen molar-refractivity contribution in [2.45, 2.75) is 70.4 Å². The lowest BCUT2D eigenvalue weighted by molar-refractivity contribution is 0.256. The second-order valence-corrected chi connectivity index (χ2v) is 6.47. The molecule has 2 atom stereocenters. The summed E-state index contributed by atoms with van der Waals surface area (Å²) in [7, 11) is 2.08. The number of rotatable bonds is 3. The monoisotopic (exact) mass is 261 g/mol. The highest BCUT2D eigenvalue weighted by Crippen LogP contribution is 2.32. The smallest absolute Gasteiger partial charge is 0.0540 e. The van der Waals surface area contributed by atoms with E-state index in [2.05, 4.69) is 35.3 Å². The van der Waals surface area contributed by atoms with Gasteiger partial charge in [0.15, 0.2) is 0 Å². The number of nitrogens with zero attached hydrogens (tertiary/aromatic N) is 2. The van der Waals surface area contributed by atoms with Crippen molar-refractivity contribution >= 4 is 0 Å². The maximum atomic E-state index is 4.44. The Kier molecular flexibility index (Phi) is 3.92. The summed E-state index contributed by atoms with van der Waals surface area (Å²) in [6.45, 7) is 2.39. The number of aromatic nitrogens is 2. The first-order valence-electron chi connectivity index (χ1n) is 8.02. The molecule has 3 nitrogen and oxygen atoms in total. The number of fused-ring (bicyclic) bond motifs is 1. The van der Waals surface area contributed by atoms with Crippen LogP contribution in [-0.2, 0) is 13.5 Å². The molecule has 1 N–H and O–H groups in total. The lowest BCUT2D eigenvalue weighted by Gasteiger charge is -2.33. The molecule has 0 aliphatic heterocycles. The van der Waals surface area contributed by atoms with Crippen LogP contribution in [-0.4, -0.2) is 15.8 Å². The molecule has 0 amide bonds. The summed E-state index contributed by atoms with van der Waals surface area (Å²) in [6.07, 6.45) is 13.0. The van der Waals surface area contributed by atoms with Crippen molar-refractivity contribution in [3.8, 4) is 0 Å². The molecular weight excluding hydrogens is 234 g/mol. The Hall–Kier alpha value is -0.830. The zero-order valence-corrected chi connectivity index (χ0v) is 12.4. The minimum atomic E-state index is 0.536. The van der Waals surface area contributed by atoms with Gasteiger partial charge >= 0.3 is 0 Å². The van der Waals surface area contributed by atoms with Crippen LogP contribution < -0.4 is 5.32 Å². The van der Waals surface area contributed by atoms with E-state index in [9.17, 15) is 0 Å². The first-order chi connectivity index (χ1) is 9.25. The Labute approximate surface area is 116 Å². The molecule has 2 aliphatic carbocycles. The van der Waals surface area contributed by atoms with Gasteiger partial charge in [-0.1, -0.05) is 19.3 Å². The van der Waals surface area contributed by atoms with E-state index in [1.807, 2.05) is 0 Å². The van der Waals surface area contributed by atoms with Gasteiger partial charge in [-0.3, -0.25) is 4.68 Å². The quantitative estimate of drug-likeness (QED) is 0.904. The van der Waals surface area contributed by atoms with E-state index in [0.29, 0.717) is 12.1 Å². The SMILES string of the molecule is C[C@H](NC1CCCc2c1cnn2C)C1CCCCC1. The first-order valence-corrected chi connectivity index (χ1v) is 8.02. The summed E-state index contributed by atoms with van der Waals surface area (Å²) < 4.78 is 2.06. The largest absolute Gasteiger partial charge is 0.307 e. The predicted octanol–water partition coefficient (Wildman–Crippen LogP) is 3.36. The predicted molar refractivity (Wildman–Crippen MR) is 78.1 cm³/mol. The van der Waals surface area contributed by atoms with Gasteiger partial charge in [-0.2, -0.15) is 5.10 Å². The topological polar surface area (TPSA) is 29.9 Å². The Balaban J connectivity index is 1.66. The van der Waals surface area contributed by atoms with Crippen molar-refractivity contribution in [2.24, 2.45) is 13.0 Å². The van der Waals surface area contributed by atoms with Crippen molar-refractivity contribution < 1.29 is 0 Å². The summed E-state index contributed by atoms with van der Waals surface area (Å²) in [5.74, 6) is 0.885. The van der Waals surface area contributed by atoms with Gasteiger partial charge in [0.1, 0.15) is 0 Å². The maximum absolute atomic E-state index is 4.44. The minimum absolute atomic E-state index is 0.536. The third kappa shape index (κ3) is 2.71. The standard InChI is InChI=1S/C16H27N3/c1-12(13-7-4-3-5-8-13)18-15-9-6-10-16-14(15)11-17-19(16)2/h11-13,15,18H,3-10H2,1-2H3/t12-,15?/m0/s1. The third-order valence-electron chi connectivity index (χ3n) is 5.20. The van der Waals surface area contributed by atoms with E-state index in [-0.39, 0.29) is 0 Å². The number of hydrogen-bond acceptors (Lipinski definition) is 2. The van der Waals surface area contributed by atoms with Crippen LogP contribution in [0.1, 0.15) is 69.2 Å². The summed E-state index contributed by atoms with van der Waals surface area (Å²) >= 11 is 0. The highest BCUT2D eigenvalue weighted by molar-refractivity contribution is 5.24. The molecule has 1 fully saturated rings. The van der Waals surface area contributed by atoms with E-state index in [4.69, 9.17) is 0 Å². The molecule has 3 rings (SSSR count). The molecule has 1 aromatic heterocycles.